The Hall–Kier alpha value is -4.14. The molecule has 0 spiro atoms. The van der Waals surface area contributed by atoms with Gasteiger partial charge < -0.3 is 5.32 Å². The molecule has 154 valence electrons. The third-order valence-corrected chi connectivity index (χ3v) is 5.28. The standard InChI is InChI=1S/C22H16FN5O3/c23-14-7-4-8-15(11-14)24-18(29)12-27-20-19(25-26-27)21(30)28(22(20)31)17-10-3-6-13-5-1-2-9-16(13)17/h1-11,19-20H,12H2,(H,24,29)/t19-,20-/m0/s1. The van der Waals surface area contributed by atoms with Crippen LogP contribution in [0.5, 0.6) is 0 Å². The molecule has 0 aromatic heterocycles. The van der Waals surface area contributed by atoms with Gasteiger partial charge in [0.05, 0.1) is 5.69 Å². The van der Waals surface area contributed by atoms with Gasteiger partial charge in [-0.2, -0.15) is 5.11 Å². The van der Waals surface area contributed by atoms with Crippen LogP contribution in [0.15, 0.2) is 77.1 Å². The van der Waals surface area contributed by atoms with Crippen molar-refractivity contribution in [3.63, 3.8) is 0 Å². The van der Waals surface area contributed by atoms with Crippen LogP contribution in [0.2, 0.25) is 0 Å². The number of fused-ring (bicyclic) bond motifs is 2. The molecule has 3 aromatic rings. The fraction of sp³-hybridized carbons (Fsp3) is 0.136. The summed E-state index contributed by atoms with van der Waals surface area (Å²) in [5.74, 6) is -1.96. The van der Waals surface area contributed by atoms with Gasteiger partial charge in [0.25, 0.3) is 11.8 Å². The Labute approximate surface area is 175 Å². The first kappa shape index (κ1) is 18.9. The van der Waals surface area contributed by atoms with Gasteiger partial charge in [-0.1, -0.05) is 47.7 Å². The first-order valence-corrected chi connectivity index (χ1v) is 9.61. The number of imide groups is 1. The number of carbonyl (C=O) groups excluding carboxylic acids is 3. The van der Waals surface area contributed by atoms with Crippen LogP contribution in [-0.2, 0) is 14.4 Å². The Balaban J connectivity index is 1.38. The quantitative estimate of drug-likeness (QED) is 0.661. The Morgan fingerprint density at radius 3 is 2.61 bits per heavy atom. The molecule has 0 aliphatic carbocycles. The van der Waals surface area contributed by atoms with Crippen molar-refractivity contribution in [3.8, 4) is 0 Å². The minimum atomic E-state index is -1.01. The average molecular weight is 417 g/mol. The molecule has 2 aliphatic heterocycles. The monoisotopic (exact) mass is 417 g/mol. The molecule has 31 heavy (non-hydrogen) atoms. The molecule has 2 heterocycles. The van der Waals surface area contributed by atoms with E-state index in [2.05, 4.69) is 15.7 Å². The third-order valence-electron chi connectivity index (χ3n) is 5.28. The topological polar surface area (TPSA) is 94.4 Å². The molecule has 0 bridgehead atoms. The van der Waals surface area contributed by atoms with Gasteiger partial charge in [0.2, 0.25) is 5.91 Å². The highest BCUT2D eigenvalue weighted by atomic mass is 19.1. The lowest BCUT2D eigenvalue weighted by molar-refractivity contribution is -0.123. The largest absolute Gasteiger partial charge is 0.324 e. The number of carbonyl (C=O) groups is 3. The molecule has 3 amide bonds. The van der Waals surface area contributed by atoms with Crippen LogP contribution in [-0.4, -0.2) is 41.4 Å². The number of amides is 3. The van der Waals surface area contributed by atoms with Crippen LogP contribution < -0.4 is 10.2 Å². The number of anilines is 2. The second kappa shape index (κ2) is 7.28. The number of hydrogen-bond donors (Lipinski definition) is 1. The zero-order valence-electron chi connectivity index (χ0n) is 16.1. The summed E-state index contributed by atoms with van der Waals surface area (Å²) in [6.07, 6.45) is 0. The molecule has 1 fully saturated rings. The third kappa shape index (κ3) is 3.20. The Morgan fingerprint density at radius 2 is 1.77 bits per heavy atom. The summed E-state index contributed by atoms with van der Waals surface area (Å²) in [5.41, 5.74) is 0.755. The normalized spacial score (nSPS) is 19.9. The Bertz CT molecular complexity index is 1260. The predicted molar refractivity (Wildman–Crippen MR) is 111 cm³/mol. The zero-order valence-corrected chi connectivity index (χ0v) is 16.1. The molecule has 9 heteroatoms. The van der Waals surface area contributed by atoms with Crippen LogP contribution in [0.25, 0.3) is 10.8 Å². The fourth-order valence-corrected chi connectivity index (χ4v) is 3.91. The highest BCUT2D eigenvalue weighted by Crippen LogP contribution is 2.35. The lowest BCUT2D eigenvalue weighted by Gasteiger charge is -2.21. The van der Waals surface area contributed by atoms with E-state index in [9.17, 15) is 18.8 Å². The van der Waals surface area contributed by atoms with Gasteiger partial charge in [-0.3, -0.25) is 19.4 Å². The highest BCUT2D eigenvalue weighted by molar-refractivity contribution is 6.27. The van der Waals surface area contributed by atoms with Crippen molar-refractivity contribution in [2.75, 3.05) is 16.8 Å². The lowest BCUT2D eigenvalue weighted by atomic mass is 10.1. The summed E-state index contributed by atoms with van der Waals surface area (Å²) in [6.45, 7) is -0.302. The van der Waals surface area contributed by atoms with Gasteiger partial charge in [0.15, 0.2) is 12.1 Å². The summed E-state index contributed by atoms with van der Waals surface area (Å²) in [7, 11) is 0. The number of hydrogen-bond acceptors (Lipinski definition) is 6. The van der Waals surface area contributed by atoms with Crippen LogP contribution in [0.1, 0.15) is 0 Å². The molecule has 1 N–H and O–H groups in total. The Kier molecular flexibility index (Phi) is 4.43. The van der Waals surface area contributed by atoms with Crippen molar-refractivity contribution in [1.82, 2.24) is 5.01 Å². The minimum Gasteiger partial charge on any atom is -0.324 e. The van der Waals surface area contributed by atoms with Gasteiger partial charge in [-0.15, -0.1) is 0 Å². The average Bonchev–Trinajstić information content (AvgIpc) is 3.27. The number of rotatable bonds is 4. The number of benzene rings is 3. The van der Waals surface area contributed by atoms with E-state index < -0.39 is 35.6 Å². The van der Waals surface area contributed by atoms with Gasteiger partial charge in [-0.25, -0.2) is 9.29 Å². The van der Waals surface area contributed by atoms with E-state index in [1.807, 2.05) is 30.3 Å². The summed E-state index contributed by atoms with van der Waals surface area (Å²) in [6, 6.07) is 16.3. The van der Waals surface area contributed by atoms with Gasteiger partial charge in [0.1, 0.15) is 12.4 Å². The molecule has 5 rings (SSSR count). The first-order chi connectivity index (χ1) is 15.0. The second-order valence-corrected chi connectivity index (χ2v) is 7.26. The summed E-state index contributed by atoms with van der Waals surface area (Å²) in [4.78, 5) is 39.7. The van der Waals surface area contributed by atoms with E-state index in [-0.39, 0.29) is 12.2 Å². The Morgan fingerprint density at radius 1 is 1.00 bits per heavy atom. The van der Waals surface area contributed by atoms with Crippen LogP contribution in [0.4, 0.5) is 15.8 Å². The molecule has 2 atom stereocenters. The summed E-state index contributed by atoms with van der Waals surface area (Å²) < 4.78 is 13.3. The predicted octanol–water partition coefficient (Wildman–Crippen LogP) is 2.91. The lowest BCUT2D eigenvalue weighted by Crippen LogP contribution is -2.43. The van der Waals surface area contributed by atoms with Crippen LogP contribution >= 0.6 is 0 Å². The fourth-order valence-electron chi connectivity index (χ4n) is 3.91. The summed E-state index contributed by atoms with van der Waals surface area (Å²) in [5, 5.41) is 13.2. The molecule has 0 radical (unpaired) electrons. The molecule has 0 saturated carbocycles. The van der Waals surface area contributed by atoms with E-state index in [0.29, 0.717) is 5.69 Å². The van der Waals surface area contributed by atoms with Crippen molar-refractivity contribution in [2.24, 2.45) is 10.3 Å². The van der Waals surface area contributed by atoms with Gasteiger partial charge in [-0.05, 0) is 29.7 Å². The minimum absolute atomic E-state index is 0.281. The maximum absolute atomic E-state index is 13.3. The van der Waals surface area contributed by atoms with Crippen LogP contribution in [0.3, 0.4) is 0 Å². The van der Waals surface area contributed by atoms with E-state index >= 15 is 0 Å². The van der Waals surface area contributed by atoms with E-state index in [0.717, 1.165) is 15.7 Å². The molecule has 3 aromatic carbocycles. The zero-order chi connectivity index (χ0) is 21.5. The molecule has 0 unspecified atom stereocenters. The number of halogens is 1. The van der Waals surface area contributed by atoms with Gasteiger partial charge in [0, 0.05) is 11.1 Å². The highest BCUT2D eigenvalue weighted by Gasteiger charge is 2.55. The van der Waals surface area contributed by atoms with E-state index in [1.54, 1.807) is 18.2 Å². The SMILES string of the molecule is O=C(CN1N=N[C@@H]2C(=O)N(c3cccc4ccccc34)C(=O)[C@H]21)Nc1cccc(F)c1. The van der Waals surface area contributed by atoms with E-state index in [1.165, 1.54) is 23.2 Å². The molecule has 2 aliphatic rings. The van der Waals surface area contributed by atoms with E-state index in [4.69, 9.17) is 0 Å². The molecule has 8 nitrogen and oxygen atoms in total. The number of nitrogens with zero attached hydrogens (tertiary/aromatic N) is 4. The van der Waals surface area contributed by atoms with Crippen molar-refractivity contribution in [2.45, 2.75) is 12.1 Å². The second-order valence-electron chi connectivity index (χ2n) is 7.26. The maximum Gasteiger partial charge on any atom is 0.263 e. The van der Waals surface area contributed by atoms with Crippen molar-refractivity contribution in [1.29, 1.82) is 0 Å². The number of nitrogens with one attached hydrogen (secondary N) is 1. The molecular formula is C22H16FN5O3. The van der Waals surface area contributed by atoms with Crippen LogP contribution in [0, 0.1) is 5.82 Å². The molecule has 1 saturated heterocycles. The van der Waals surface area contributed by atoms with Crippen molar-refractivity contribution < 1.29 is 18.8 Å². The smallest absolute Gasteiger partial charge is 0.263 e. The van der Waals surface area contributed by atoms with Gasteiger partial charge >= 0.3 is 0 Å². The first-order valence-electron chi connectivity index (χ1n) is 9.61. The molecular weight excluding hydrogens is 401 g/mol. The van der Waals surface area contributed by atoms with Crippen molar-refractivity contribution in [3.05, 3.63) is 72.5 Å². The van der Waals surface area contributed by atoms with Crippen molar-refractivity contribution >= 4 is 39.9 Å². The summed E-state index contributed by atoms with van der Waals surface area (Å²) >= 11 is 0. The maximum atomic E-state index is 13.3.